The molecule has 1 aromatic rings. The van der Waals surface area contributed by atoms with Crippen molar-refractivity contribution in [3.8, 4) is 0 Å². The zero-order chi connectivity index (χ0) is 14.5. The highest BCUT2D eigenvalue weighted by molar-refractivity contribution is 7.91. The molecule has 0 aliphatic rings. The number of sulfone groups is 1. The minimum atomic E-state index is -2.94. The standard InChI is InChI=1S/C14H23NO3S/c1-4-19(17,18)10-6-9-14(16)12-7-5-8-13(11-12)15(2)3/h5,7-8,11,14,16H,4,6,9-10H2,1-3H3. The summed E-state index contributed by atoms with van der Waals surface area (Å²) in [6.45, 7) is 1.65. The van der Waals surface area contributed by atoms with E-state index < -0.39 is 15.9 Å². The molecule has 0 saturated carbocycles. The Balaban J connectivity index is 2.59. The lowest BCUT2D eigenvalue weighted by Gasteiger charge is -2.16. The Morgan fingerprint density at radius 2 is 2.00 bits per heavy atom. The van der Waals surface area contributed by atoms with E-state index in [9.17, 15) is 13.5 Å². The Kier molecular flexibility index (Phi) is 5.82. The SMILES string of the molecule is CCS(=O)(=O)CCCC(O)c1cccc(N(C)C)c1. The van der Waals surface area contributed by atoms with E-state index in [0.717, 1.165) is 11.3 Å². The van der Waals surface area contributed by atoms with Gasteiger partial charge in [0.1, 0.15) is 9.84 Å². The third-order valence-electron chi connectivity index (χ3n) is 3.14. The lowest BCUT2D eigenvalue weighted by molar-refractivity contribution is 0.167. The van der Waals surface area contributed by atoms with Crippen LogP contribution < -0.4 is 4.90 Å². The van der Waals surface area contributed by atoms with Crippen LogP contribution in [0.15, 0.2) is 24.3 Å². The summed E-state index contributed by atoms with van der Waals surface area (Å²) in [5.41, 5.74) is 1.86. The van der Waals surface area contributed by atoms with Crippen molar-refractivity contribution in [3.05, 3.63) is 29.8 Å². The molecule has 0 heterocycles. The molecule has 4 nitrogen and oxygen atoms in total. The number of aliphatic hydroxyl groups is 1. The molecule has 0 aliphatic heterocycles. The smallest absolute Gasteiger partial charge is 0.150 e. The van der Waals surface area contributed by atoms with Crippen molar-refractivity contribution in [1.29, 1.82) is 0 Å². The Morgan fingerprint density at radius 3 is 2.58 bits per heavy atom. The normalized spacial score (nSPS) is 13.3. The Labute approximate surface area is 116 Å². The van der Waals surface area contributed by atoms with Gasteiger partial charge >= 0.3 is 0 Å². The highest BCUT2D eigenvalue weighted by Gasteiger charge is 2.12. The van der Waals surface area contributed by atoms with Crippen molar-refractivity contribution in [3.63, 3.8) is 0 Å². The first kappa shape index (κ1) is 16.0. The molecule has 1 aromatic carbocycles. The van der Waals surface area contributed by atoms with Gasteiger partial charge in [0.25, 0.3) is 0 Å². The highest BCUT2D eigenvalue weighted by Crippen LogP contribution is 2.22. The lowest BCUT2D eigenvalue weighted by atomic mass is 10.0. The van der Waals surface area contributed by atoms with Gasteiger partial charge in [-0.1, -0.05) is 19.1 Å². The molecule has 1 atom stereocenters. The van der Waals surface area contributed by atoms with Gasteiger partial charge in [-0.2, -0.15) is 0 Å². The fourth-order valence-corrected chi connectivity index (χ4v) is 2.71. The summed E-state index contributed by atoms with van der Waals surface area (Å²) in [6, 6.07) is 7.67. The molecule has 108 valence electrons. The second-order valence-electron chi connectivity index (χ2n) is 4.88. The van der Waals surface area contributed by atoms with E-state index in [2.05, 4.69) is 0 Å². The zero-order valence-corrected chi connectivity index (χ0v) is 12.7. The maximum Gasteiger partial charge on any atom is 0.150 e. The van der Waals surface area contributed by atoms with Crippen LogP contribution in [0.1, 0.15) is 31.4 Å². The van der Waals surface area contributed by atoms with E-state index in [4.69, 9.17) is 0 Å². The zero-order valence-electron chi connectivity index (χ0n) is 11.8. The van der Waals surface area contributed by atoms with Gasteiger partial charge in [-0.3, -0.25) is 0 Å². The molecule has 0 aliphatic carbocycles. The van der Waals surface area contributed by atoms with Crippen LogP contribution in [0.5, 0.6) is 0 Å². The van der Waals surface area contributed by atoms with Crippen LogP contribution in [0.3, 0.4) is 0 Å². The highest BCUT2D eigenvalue weighted by atomic mass is 32.2. The molecule has 0 amide bonds. The van der Waals surface area contributed by atoms with Crippen molar-refractivity contribution in [2.75, 3.05) is 30.5 Å². The fraction of sp³-hybridized carbons (Fsp3) is 0.571. The summed E-state index contributed by atoms with van der Waals surface area (Å²) in [5, 5.41) is 10.1. The maximum absolute atomic E-state index is 11.4. The van der Waals surface area contributed by atoms with E-state index in [0.29, 0.717) is 12.8 Å². The minimum absolute atomic E-state index is 0.147. The van der Waals surface area contributed by atoms with Gasteiger partial charge < -0.3 is 10.0 Å². The van der Waals surface area contributed by atoms with E-state index in [-0.39, 0.29) is 11.5 Å². The molecule has 1 rings (SSSR count). The summed E-state index contributed by atoms with van der Waals surface area (Å²) in [7, 11) is 0.949. The Hall–Kier alpha value is -1.07. The van der Waals surface area contributed by atoms with Crippen LogP contribution in [0.4, 0.5) is 5.69 Å². The summed E-state index contributed by atoms with van der Waals surface area (Å²) in [5.74, 6) is 0.313. The molecule has 19 heavy (non-hydrogen) atoms. The average molecular weight is 285 g/mol. The van der Waals surface area contributed by atoms with Gasteiger partial charge in [0, 0.05) is 25.5 Å². The third kappa shape index (κ3) is 5.20. The van der Waals surface area contributed by atoms with Gasteiger partial charge in [-0.15, -0.1) is 0 Å². The van der Waals surface area contributed by atoms with Crippen LogP contribution in [0, 0.1) is 0 Å². The quantitative estimate of drug-likeness (QED) is 0.832. The summed E-state index contributed by atoms with van der Waals surface area (Å²) in [4.78, 5) is 1.97. The van der Waals surface area contributed by atoms with E-state index in [1.165, 1.54) is 0 Å². The van der Waals surface area contributed by atoms with Crippen molar-refractivity contribution in [2.24, 2.45) is 0 Å². The predicted molar refractivity (Wildman–Crippen MR) is 79.3 cm³/mol. The van der Waals surface area contributed by atoms with E-state index in [1.807, 2.05) is 43.3 Å². The van der Waals surface area contributed by atoms with Crippen molar-refractivity contribution >= 4 is 15.5 Å². The number of nitrogens with zero attached hydrogens (tertiary/aromatic N) is 1. The number of anilines is 1. The molecule has 0 saturated heterocycles. The van der Waals surface area contributed by atoms with Crippen LogP contribution in [-0.4, -0.2) is 39.1 Å². The summed E-state index contributed by atoms with van der Waals surface area (Å²) in [6.07, 6.45) is 0.353. The predicted octanol–water partition coefficient (Wildman–Crippen LogP) is 2.00. The second kappa shape index (κ2) is 6.91. The molecular formula is C14H23NO3S. The first-order valence-corrected chi connectivity index (χ1v) is 8.33. The topological polar surface area (TPSA) is 57.6 Å². The first-order chi connectivity index (χ1) is 8.85. The van der Waals surface area contributed by atoms with Crippen molar-refractivity contribution < 1.29 is 13.5 Å². The van der Waals surface area contributed by atoms with Gasteiger partial charge in [-0.05, 0) is 30.5 Å². The molecule has 0 spiro atoms. The van der Waals surface area contributed by atoms with E-state index >= 15 is 0 Å². The molecule has 5 heteroatoms. The van der Waals surface area contributed by atoms with Crippen LogP contribution in [0.2, 0.25) is 0 Å². The molecule has 0 fully saturated rings. The van der Waals surface area contributed by atoms with E-state index in [1.54, 1.807) is 6.92 Å². The van der Waals surface area contributed by atoms with Crippen LogP contribution >= 0.6 is 0 Å². The third-order valence-corrected chi connectivity index (χ3v) is 4.93. The number of hydrogen-bond acceptors (Lipinski definition) is 4. The fourth-order valence-electron chi connectivity index (χ4n) is 1.82. The van der Waals surface area contributed by atoms with Gasteiger partial charge in [0.15, 0.2) is 0 Å². The van der Waals surface area contributed by atoms with Crippen LogP contribution in [0.25, 0.3) is 0 Å². The minimum Gasteiger partial charge on any atom is -0.388 e. The summed E-state index contributed by atoms with van der Waals surface area (Å²) >= 11 is 0. The molecule has 1 unspecified atom stereocenters. The second-order valence-corrected chi connectivity index (χ2v) is 7.36. The number of aliphatic hydroxyl groups excluding tert-OH is 1. The number of hydrogen-bond donors (Lipinski definition) is 1. The van der Waals surface area contributed by atoms with Gasteiger partial charge in [0.05, 0.1) is 11.9 Å². The molecule has 0 aromatic heterocycles. The van der Waals surface area contributed by atoms with Crippen molar-refractivity contribution in [1.82, 2.24) is 0 Å². The number of benzene rings is 1. The van der Waals surface area contributed by atoms with Crippen LogP contribution in [-0.2, 0) is 9.84 Å². The van der Waals surface area contributed by atoms with Gasteiger partial charge in [-0.25, -0.2) is 8.42 Å². The monoisotopic (exact) mass is 285 g/mol. The Bertz CT molecular complexity index is 497. The molecule has 0 radical (unpaired) electrons. The molecule has 1 N–H and O–H groups in total. The maximum atomic E-state index is 11.4. The molecular weight excluding hydrogens is 262 g/mol. The summed E-state index contributed by atoms with van der Waals surface area (Å²) < 4.78 is 22.7. The largest absolute Gasteiger partial charge is 0.388 e. The lowest BCUT2D eigenvalue weighted by Crippen LogP contribution is -2.11. The van der Waals surface area contributed by atoms with Gasteiger partial charge in [0.2, 0.25) is 0 Å². The van der Waals surface area contributed by atoms with Crippen molar-refractivity contribution in [2.45, 2.75) is 25.9 Å². The number of rotatable bonds is 7. The molecule has 0 bridgehead atoms. The first-order valence-electron chi connectivity index (χ1n) is 6.51. The Morgan fingerprint density at radius 1 is 1.32 bits per heavy atom. The average Bonchev–Trinajstić information content (AvgIpc) is 2.38.